The largest absolute Gasteiger partial charge is 0.295 e. The van der Waals surface area contributed by atoms with Crippen molar-refractivity contribution in [3.8, 4) is 11.4 Å². The molecule has 0 bridgehead atoms. The van der Waals surface area contributed by atoms with Gasteiger partial charge in [-0.1, -0.05) is 30.3 Å². The zero-order valence-electron chi connectivity index (χ0n) is 10.3. The number of nitrogens with zero attached hydrogens (tertiary/aromatic N) is 3. The predicted octanol–water partition coefficient (Wildman–Crippen LogP) is 3.42. The fourth-order valence-corrected chi connectivity index (χ4v) is 2.89. The van der Waals surface area contributed by atoms with Gasteiger partial charge in [-0.05, 0) is 19.1 Å². The normalized spacial score (nSPS) is 10.8. The Balaban J connectivity index is 2.02. The van der Waals surface area contributed by atoms with Crippen LogP contribution in [0.2, 0.25) is 0 Å². The number of hydrogen-bond donors (Lipinski definition) is 1. The second kappa shape index (κ2) is 5.07. The maximum atomic E-state index is 5.31. The smallest absolute Gasteiger partial charge is 0.195 e. The molecule has 6 heteroatoms. The molecule has 1 aromatic carbocycles. The van der Waals surface area contributed by atoms with E-state index in [1.807, 2.05) is 48.0 Å². The highest BCUT2D eigenvalue weighted by Crippen LogP contribution is 2.20. The topological polar surface area (TPSA) is 46.5 Å². The lowest BCUT2D eigenvalue weighted by Crippen LogP contribution is -2.00. The van der Waals surface area contributed by atoms with Gasteiger partial charge < -0.3 is 0 Å². The zero-order chi connectivity index (χ0) is 13.2. The molecular weight excluding hydrogens is 276 g/mol. The van der Waals surface area contributed by atoms with Crippen molar-refractivity contribution in [1.29, 1.82) is 0 Å². The number of nitrogens with one attached hydrogen (secondary N) is 1. The van der Waals surface area contributed by atoms with Crippen molar-refractivity contribution in [1.82, 2.24) is 19.7 Å². The van der Waals surface area contributed by atoms with Gasteiger partial charge in [0.15, 0.2) is 10.6 Å². The summed E-state index contributed by atoms with van der Waals surface area (Å²) in [7, 11) is 0. The molecule has 0 aliphatic rings. The Labute approximate surface area is 119 Å². The van der Waals surface area contributed by atoms with Gasteiger partial charge in [0.25, 0.3) is 0 Å². The molecule has 3 aromatic rings. The third kappa shape index (κ3) is 2.50. The second-order valence-corrected chi connectivity index (χ2v) is 5.86. The number of thiazole rings is 1. The van der Waals surface area contributed by atoms with Crippen molar-refractivity contribution in [3.05, 3.63) is 51.2 Å². The van der Waals surface area contributed by atoms with Gasteiger partial charge in [0, 0.05) is 16.6 Å². The zero-order valence-corrected chi connectivity index (χ0v) is 12.0. The molecule has 2 heterocycles. The minimum absolute atomic E-state index is 0.630. The molecule has 0 fully saturated rings. The summed E-state index contributed by atoms with van der Waals surface area (Å²) in [5, 5.41) is 8.24. The minimum Gasteiger partial charge on any atom is -0.295 e. The summed E-state index contributed by atoms with van der Waals surface area (Å²) in [5.74, 6) is 0.858. The van der Waals surface area contributed by atoms with Crippen molar-refractivity contribution >= 4 is 23.6 Å². The van der Waals surface area contributed by atoms with E-state index in [0.717, 1.165) is 16.4 Å². The molecule has 1 N–H and O–H groups in total. The van der Waals surface area contributed by atoms with Crippen molar-refractivity contribution in [2.75, 3.05) is 0 Å². The SMILES string of the molecule is Cc1ncc(Cn2c(-c3ccccc3)n[nH]c2=S)s1. The van der Waals surface area contributed by atoms with Gasteiger partial charge in [0.05, 0.1) is 11.6 Å². The molecule has 0 radical (unpaired) electrons. The first kappa shape index (κ1) is 12.3. The highest BCUT2D eigenvalue weighted by atomic mass is 32.1. The molecule has 0 aliphatic carbocycles. The quantitative estimate of drug-likeness (QED) is 0.751. The number of aromatic amines is 1. The molecule has 0 spiro atoms. The van der Waals surface area contributed by atoms with E-state index in [1.165, 1.54) is 4.88 Å². The Morgan fingerprint density at radius 2 is 2.11 bits per heavy atom. The van der Waals surface area contributed by atoms with Crippen molar-refractivity contribution in [3.63, 3.8) is 0 Å². The van der Waals surface area contributed by atoms with Gasteiger partial charge in [-0.3, -0.25) is 9.67 Å². The molecule has 4 nitrogen and oxygen atoms in total. The Hall–Kier alpha value is -1.79. The Morgan fingerprint density at radius 1 is 1.32 bits per heavy atom. The van der Waals surface area contributed by atoms with Crippen molar-refractivity contribution < 1.29 is 0 Å². The summed E-state index contributed by atoms with van der Waals surface area (Å²) in [6.45, 7) is 2.70. The molecule has 19 heavy (non-hydrogen) atoms. The first-order valence-corrected chi connectivity index (χ1v) is 7.08. The van der Waals surface area contributed by atoms with Crippen molar-refractivity contribution in [2.45, 2.75) is 13.5 Å². The summed E-state index contributed by atoms with van der Waals surface area (Å²) >= 11 is 6.99. The Bertz CT molecular complexity index is 739. The van der Waals surface area contributed by atoms with Crippen LogP contribution in [-0.4, -0.2) is 19.7 Å². The summed E-state index contributed by atoms with van der Waals surface area (Å²) in [6, 6.07) is 10.0. The molecule has 0 saturated carbocycles. The van der Waals surface area contributed by atoms with Crippen molar-refractivity contribution in [2.24, 2.45) is 0 Å². The van der Waals surface area contributed by atoms with E-state index in [4.69, 9.17) is 12.2 Å². The summed E-state index contributed by atoms with van der Waals surface area (Å²) in [5.41, 5.74) is 1.05. The van der Waals surface area contributed by atoms with Gasteiger partial charge >= 0.3 is 0 Å². The lowest BCUT2D eigenvalue weighted by Gasteiger charge is -2.04. The van der Waals surface area contributed by atoms with E-state index in [9.17, 15) is 0 Å². The van der Waals surface area contributed by atoms with Crippen LogP contribution < -0.4 is 0 Å². The Morgan fingerprint density at radius 3 is 2.79 bits per heavy atom. The van der Waals surface area contributed by atoms with E-state index < -0.39 is 0 Å². The van der Waals surface area contributed by atoms with Crippen LogP contribution in [0.25, 0.3) is 11.4 Å². The van der Waals surface area contributed by atoms with Gasteiger partial charge in [-0.2, -0.15) is 5.10 Å². The molecule has 2 aromatic heterocycles. The van der Waals surface area contributed by atoms with E-state index in [-0.39, 0.29) is 0 Å². The van der Waals surface area contributed by atoms with E-state index >= 15 is 0 Å². The van der Waals surface area contributed by atoms with Crippen LogP contribution in [0.1, 0.15) is 9.88 Å². The standard InChI is InChI=1S/C13H12N4S2/c1-9-14-7-11(19-9)8-17-12(15-16-13(17)18)10-5-3-2-4-6-10/h2-7H,8H2,1H3,(H,16,18). The summed E-state index contributed by atoms with van der Waals surface area (Å²) in [6.07, 6.45) is 1.89. The number of aryl methyl sites for hydroxylation is 1. The molecule has 0 aliphatic heterocycles. The summed E-state index contributed by atoms with van der Waals surface area (Å²) < 4.78 is 2.63. The average Bonchev–Trinajstić information content (AvgIpc) is 2.99. The fourth-order valence-electron chi connectivity index (χ4n) is 1.91. The minimum atomic E-state index is 0.630. The lowest BCUT2D eigenvalue weighted by molar-refractivity contribution is 0.800. The van der Waals surface area contributed by atoms with Gasteiger partial charge in [0.2, 0.25) is 0 Å². The van der Waals surface area contributed by atoms with Crippen LogP contribution in [0.5, 0.6) is 0 Å². The van der Waals surface area contributed by atoms with Crippen LogP contribution in [0, 0.1) is 11.7 Å². The van der Waals surface area contributed by atoms with Crippen LogP contribution in [0.4, 0.5) is 0 Å². The monoisotopic (exact) mass is 288 g/mol. The lowest BCUT2D eigenvalue weighted by atomic mass is 10.2. The molecule has 96 valence electrons. The van der Waals surface area contributed by atoms with Gasteiger partial charge in [0.1, 0.15) is 0 Å². The van der Waals surface area contributed by atoms with Crippen LogP contribution in [-0.2, 0) is 6.54 Å². The average molecular weight is 288 g/mol. The first-order chi connectivity index (χ1) is 9.24. The highest BCUT2D eigenvalue weighted by molar-refractivity contribution is 7.71. The van der Waals surface area contributed by atoms with E-state index in [2.05, 4.69) is 15.2 Å². The van der Waals surface area contributed by atoms with Gasteiger partial charge in [-0.15, -0.1) is 11.3 Å². The molecule has 3 rings (SSSR count). The van der Waals surface area contributed by atoms with E-state index in [0.29, 0.717) is 11.3 Å². The number of H-pyrrole nitrogens is 1. The predicted molar refractivity (Wildman–Crippen MR) is 78.8 cm³/mol. The van der Waals surface area contributed by atoms with E-state index in [1.54, 1.807) is 11.3 Å². The Kier molecular flexibility index (Phi) is 3.27. The molecule has 0 unspecified atom stereocenters. The van der Waals surface area contributed by atoms with Crippen LogP contribution >= 0.6 is 23.6 Å². The number of aromatic nitrogens is 4. The molecule has 0 saturated heterocycles. The third-order valence-corrected chi connectivity index (χ3v) is 3.98. The van der Waals surface area contributed by atoms with Crippen LogP contribution in [0.15, 0.2) is 36.5 Å². The molecule has 0 amide bonds. The maximum Gasteiger partial charge on any atom is 0.195 e. The second-order valence-electron chi connectivity index (χ2n) is 4.15. The highest BCUT2D eigenvalue weighted by Gasteiger charge is 2.10. The maximum absolute atomic E-state index is 5.31. The molecule has 0 atom stereocenters. The number of rotatable bonds is 3. The fraction of sp³-hybridized carbons (Fsp3) is 0.154. The summed E-state index contributed by atoms with van der Waals surface area (Å²) in [4.78, 5) is 5.44. The number of hydrogen-bond acceptors (Lipinski definition) is 4. The molecular formula is C13H12N4S2. The third-order valence-electron chi connectivity index (χ3n) is 2.77. The number of benzene rings is 1. The first-order valence-electron chi connectivity index (χ1n) is 5.86. The van der Waals surface area contributed by atoms with Crippen LogP contribution in [0.3, 0.4) is 0 Å². The van der Waals surface area contributed by atoms with Gasteiger partial charge in [-0.25, -0.2) is 4.98 Å².